The Hall–Kier alpha value is -3.46. The van der Waals surface area contributed by atoms with Crippen LogP contribution in [0.4, 0.5) is 5.95 Å². The zero-order chi connectivity index (χ0) is 33.1. The van der Waals surface area contributed by atoms with Gasteiger partial charge in [0.25, 0.3) is 0 Å². The fraction of sp³-hybridized carbons (Fsp3) is 0.467. The van der Waals surface area contributed by atoms with Crippen molar-refractivity contribution in [3.8, 4) is 11.6 Å². The van der Waals surface area contributed by atoms with E-state index in [2.05, 4.69) is 20.0 Å². The van der Waals surface area contributed by atoms with E-state index in [0.717, 1.165) is 5.39 Å². The van der Waals surface area contributed by atoms with Gasteiger partial charge in [0.05, 0.1) is 30.9 Å². The van der Waals surface area contributed by atoms with Gasteiger partial charge in [0, 0.05) is 5.39 Å². The van der Waals surface area contributed by atoms with Gasteiger partial charge in [-0.25, -0.2) is 9.55 Å². The maximum absolute atomic E-state index is 14.4. The SMILES string of the molecule is CCCOC(=O)[C@H](C)NP(=O)(OC[C@H]1O[C@@H](n2cnc3c(OCC)nc(N)nc32)[C@](C)(SC)[C@@H]1O)Oc1cccc2ccccc12. The number of nitrogens with one attached hydrogen (secondary N) is 1. The standard InChI is InChI=1S/C30H39N6O8PS/c1-6-15-41-27(38)18(3)35-45(39,44-21-14-10-12-19-11-8-9-13-20(19)21)42-16-22-24(37)30(4,46-5)28(43-22)36-17-32-23-25(36)33-29(31)34-26(23)40-7-2/h8-14,17-18,22,24,28,37H,6-7,15-16H2,1-5H3,(H,35,39)(H2,31,33,34)/t18-,22+,24+,28+,30+,45?/m0/s1. The first-order valence-electron chi connectivity index (χ1n) is 14.9. The van der Waals surface area contributed by atoms with E-state index in [0.29, 0.717) is 29.6 Å². The van der Waals surface area contributed by atoms with E-state index in [1.165, 1.54) is 25.0 Å². The topological polar surface area (TPSA) is 182 Å². The van der Waals surface area contributed by atoms with Crippen LogP contribution in [0.15, 0.2) is 48.8 Å². The van der Waals surface area contributed by atoms with E-state index >= 15 is 0 Å². The van der Waals surface area contributed by atoms with Crippen molar-refractivity contribution in [2.45, 2.75) is 63.3 Å². The van der Waals surface area contributed by atoms with Crippen molar-refractivity contribution in [2.75, 3.05) is 31.8 Å². The molecule has 1 aliphatic rings. The van der Waals surface area contributed by atoms with Crippen LogP contribution in [0.25, 0.3) is 21.9 Å². The summed E-state index contributed by atoms with van der Waals surface area (Å²) >= 11 is 1.38. The number of benzene rings is 2. The van der Waals surface area contributed by atoms with Gasteiger partial charge in [-0.05, 0) is 44.9 Å². The quantitative estimate of drug-likeness (QED) is 0.126. The number of hydrogen-bond acceptors (Lipinski definition) is 13. The van der Waals surface area contributed by atoms with Crippen LogP contribution in [0.2, 0.25) is 0 Å². The predicted octanol–water partition coefficient (Wildman–Crippen LogP) is 4.48. The number of nitrogens with zero attached hydrogens (tertiary/aromatic N) is 4. The third-order valence-electron chi connectivity index (χ3n) is 7.64. The molecule has 4 aromatic rings. The molecule has 2 aromatic heterocycles. The lowest BCUT2D eigenvalue weighted by Crippen LogP contribution is -2.42. The Morgan fingerprint density at radius 3 is 2.74 bits per heavy atom. The highest BCUT2D eigenvalue weighted by molar-refractivity contribution is 8.00. The highest BCUT2D eigenvalue weighted by atomic mass is 32.2. The van der Waals surface area contributed by atoms with Crippen LogP contribution in [0.1, 0.15) is 40.3 Å². The molecule has 1 unspecified atom stereocenters. The van der Waals surface area contributed by atoms with Gasteiger partial charge in [-0.3, -0.25) is 13.9 Å². The fourth-order valence-electron chi connectivity index (χ4n) is 5.18. The Bertz CT molecular complexity index is 1740. The smallest absolute Gasteiger partial charge is 0.459 e. The molecule has 1 aliphatic heterocycles. The minimum absolute atomic E-state index is 0.00818. The first kappa shape index (κ1) is 33.9. The van der Waals surface area contributed by atoms with Crippen molar-refractivity contribution in [1.29, 1.82) is 0 Å². The highest BCUT2D eigenvalue weighted by Crippen LogP contribution is 2.51. The number of anilines is 1. The molecule has 0 aliphatic carbocycles. The van der Waals surface area contributed by atoms with Crippen LogP contribution in [0.3, 0.4) is 0 Å². The summed E-state index contributed by atoms with van der Waals surface area (Å²) in [6.45, 7) is 7.25. The summed E-state index contributed by atoms with van der Waals surface area (Å²) in [5.41, 5.74) is 6.72. The molecule has 16 heteroatoms. The second-order valence-electron chi connectivity index (χ2n) is 10.9. The lowest BCUT2D eigenvalue weighted by molar-refractivity contribution is -0.145. The molecule has 2 aromatic carbocycles. The molecule has 3 heterocycles. The summed E-state index contributed by atoms with van der Waals surface area (Å²) in [7, 11) is -4.28. The van der Waals surface area contributed by atoms with Crippen molar-refractivity contribution in [2.24, 2.45) is 0 Å². The molecule has 0 saturated carbocycles. The number of rotatable bonds is 14. The van der Waals surface area contributed by atoms with Gasteiger partial charge in [-0.15, -0.1) is 0 Å². The molecule has 0 amide bonds. The molecule has 0 radical (unpaired) electrons. The van der Waals surface area contributed by atoms with Gasteiger partial charge in [-0.1, -0.05) is 43.3 Å². The van der Waals surface area contributed by atoms with Gasteiger partial charge in [0.1, 0.15) is 24.0 Å². The number of ether oxygens (including phenoxy) is 3. The molecule has 6 atom stereocenters. The molecule has 248 valence electrons. The zero-order valence-corrected chi connectivity index (χ0v) is 28.0. The Morgan fingerprint density at radius 1 is 1.24 bits per heavy atom. The van der Waals surface area contributed by atoms with Crippen LogP contribution in [-0.4, -0.2) is 79.7 Å². The van der Waals surface area contributed by atoms with Crippen molar-refractivity contribution < 1.29 is 37.7 Å². The first-order valence-corrected chi connectivity index (χ1v) is 17.7. The monoisotopic (exact) mass is 674 g/mol. The Kier molecular flexibility index (Phi) is 10.4. The number of aliphatic hydroxyl groups is 1. The third kappa shape index (κ3) is 6.80. The normalized spacial score (nSPS) is 23.3. The highest BCUT2D eigenvalue weighted by Gasteiger charge is 2.55. The average molecular weight is 675 g/mol. The molecule has 0 bridgehead atoms. The summed E-state index contributed by atoms with van der Waals surface area (Å²) in [5.74, 6) is -0.0996. The molecule has 1 saturated heterocycles. The number of carbonyl (C=O) groups is 1. The van der Waals surface area contributed by atoms with Crippen LogP contribution >= 0.6 is 19.5 Å². The van der Waals surface area contributed by atoms with E-state index in [1.54, 1.807) is 16.7 Å². The van der Waals surface area contributed by atoms with Gasteiger partial charge >= 0.3 is 13.7 Å². The van der Waals surface area contributed by atoms with Crippen molar-refractivity contribution >= 4 is 53.4 Å². The van der Waals surface area contributed by atoms with E-state index in [9.17, 15) is 14.5 Å². The van der Waals surface area contributed by atoms with E-state index in [1.807, 2.05) is 57.4 Å². The van der Waals surface area contributed by atoms with Gasteiger partial charge in [0.15, 0.2) is 17.4 Å². The molecule has 0 spiro atoms. The fourth-order valence-corrected chi connectivity index (χ4v) is 7.47. The molecule has 5 rings (SSSR count). The number of aromatic nitrogens is 4. The van der Waals surface area contributed by atoms with E-state index in [-0.39, 0.29) is 30.8 Å². The third-order valence-corrected chi connectivity index (χ3v) is 10.6. The summed E-state index contributed by atoms with van der Waals surface area (Å²) in [5, 5.41) is 15.8. The van der Waals surface area contributed by atoms with Crippen molar-refractivity contribution in [3.05, 3.63) is 48.8 Å². The second kappa shape index (κ2) is 14.1. The number of nitrogens with two attached hydrogens (primary N) is 1. The summed E-state index contributed by atoms with van der Waals surface area (Å²) in [4.78, 5) is 25.6. The number of fused-ring (bicyclic) bond motifs is 2. The number of thioether (sulfide) groups is 1. The number of esters is 1. The maximum atomic E-state index is 14.4. The van der Waals surface area contributed by atoms with Crippen LogP contribution in [0, 0.1) is 0 Å². The Balaban J connectivity index is 1.43. The predicted molar refractivity (Wildman–Crippen MR) is 175 cm³/mol. The largest absolute Gasteiger partial charge is 0.476 e. The average Bonchev–Trinajstić information content (AvgIpc) is 3.57. The zero-order valence-electron chi connectivity index (χ0n) is 26.3. The minimum atomic E-state index is -4.28. The number of nitrogen functional groups attached to an aromatic ring is 1. The number of aliphatic hydroxyl groups excluding tert-OH is 1. The van der Waals surface area contributed by atoms with Gasteiger partial charge < -0.3 is 29.6 Å². The Labute approximate surface area is 270 Å². The molecular weight excluding hydrogens is 635 g/mol. The van der Waals surface area contributed by atoms with Gasteiger partial charge in [0.2, 0.25) is 11.8 Å². The van der Waals surface area contributed by atoms with E-state index < -0.39 is 42.9 Å². The molecule has 1 fully saturated rings. The molecular formula is C30H39N6O8PS. The van der Waals surface area contributed by atoms with Crippen molar-refractivity contribution in [1.82, 2.24) is 24.6 Å². The Morgan fingerprint density at radius 2 is 2.00 bits per heavy atom. The summed E-state index contributed by atoms with van der Waals surface area (Å²) in [6.07, 6.45) is 1.12. The molecule has 14 nitrogen and oxygen atoms in total. The first-order chi connectivity index (χ1) is 22.0. The summed E-state index contributed by atoms with van der Waals surface area (Å²) in [6, 6.07) is 11.7. The van der Waals surface area contributed by atoms with Crippen LogP contribution in [0.5, 0.6) is 11.6 Å². The lowest BCUT2D eigenvalue weighted by Gasteiger charge is -2.31. The van der Waals surface area contributed by atoms with Crippen LogP contribution in [-0.2, 0) is 23.4 Å². The minimum Gasteiger partial charge on any atom is -0.476 e. The molecule has 46 heavy (non-hydrogen) atoms. The number of carbonyl (C=O) groups excluding carboxylic acids is 1. The number of imidazole rings is 1. The summed E-state index contributed by atoms with van der Waals surface area (Å²) < 4.78 is 44.3. The lowest BCUT2D eigenvalue weighted by atomic mass is 10.0. The van der Waals surface area contributed by atoms with Crippen LogP contribution < -0.4 is 20.1 Å². The maximum Gasteiger partial charge on any atom is 0.459 e. The van der Waals surface area contributed by atoms with Gasteiger partial charge in [-0.2, -0.15) is 26.8 Å². The van der Waals surface area contributed by atoms with E-state index in [4.69, 9.17) is 29.0 Å². The second-order valence-corrected chi connectivity index (χ2v) is 13.9. The van der Waals surface area contributed by atoms with Crippen molar-refractivity contribution in [3.63, 3.8) is 0 Å². The number of hydrogen-bond donors (Lipinski definition) is 3. The molecule has 4 N–H and O–H groups in total.